The zero-order chi connectivity index (χ0) is 31.5. The molecule has 10 heteroatoms. The maximum atomic E-state index is 13.1. The highest BCUT2D eigenvalue weighted by Crippen LogP contribution is 2.29. The molecule has 0 aliphatic carbocycles. The highest BCUT2D eigenvalue weighted by molar-refractivity contribution is 5.90. The van der Waals surface area contributed by atoms with Crippen molar-refractivity contribution in [2.75, 3.05) is 19.7 Å². The molecule has 3 atom stereocenters. The minimum Gasteiger partial charge on any atom is -0.469 e. The third kappa shape index (κ3) is 11.8. The fraction of sp³-hybridized carbons (Fsp3) is 0.676. The number of hydrogen-bond acceptors (Lipinski definition) is 9. The van der Waals surface area contributed by atoms with Crippen LogP contribution in [0.15, 0.2) is 51.4 Å². The summed E-state index contributed by atoms with van der Waals surface area (Å²) in [4.78, 5) is 19.4. The van der Waals surface area contributed by atoms with E-state index in [1.165, 1.54) is 89.7 Å². The molecule has 3 heterocycles. The SMILES string of the molecule is CCCCCCCCCCCCCCCCc1cc(O[N+]2(CC)C=CC=C(C(=O)OCC(C)Oc3ccon3)C2CN)no1. The summed E-state index contributed by atoms with van der Waals surface area (Å²) in [5, 5.41) is 7.88. The first-order valence-electron chi connectivity index (χ1n) is 16.9. The van der Waals surface area contributed by atoms with Crippen molar-refractivity contribution in [2.24, 2.45) is 5.73 Å². The molecule has 2 aromatic rings. The number of hydroxylamine groups is 3. The van der Waals surface area contributed by atoms with Gasteiger partial charge in [-0.05, 0) is 42.7 Å². The van der Waals surface area contributed by atoms with Gasteiger partial charge in [0.25, 0.3) is 5.88 Å². The van der Waals surface area contributed by atoms with Crippen LogP contribution in [0.25, 0.3) is 0 Å². The van der Waals surface area contributed by atoms with Gasteiger partial charge in [-0.2, -0.15) is 0 Å². The van der Waals surface area contributed by atoms with E-state index in [4.69, 9.17) is 29.1 Å². The fourth-order valence-electron chi connectivity index (χ4n) is 5.64. The van der Waals surface area contributed by atoms with Gasteiger partial charge in [0, 0.05) is 12.5 Å². The van der Waals surface area contributed by atoms with Crippen molar-refractivity contribution < 1.29 is 32.8 Å². The van der Waals surface area contributed by atoms with Crippen LogP contribution in [0.1, 0.15) is 116 Å². The quantitative estimate of drug-likeness (QED) is 0.0722. The fourth-order valence-corrected chi connectivity index (χ4v) is 5.64. The van der Waals surface area contributed by atoms with Crippen molar-refractivity contribution in [3.63, 3.8) is 0 Å². The van der Waals surface area contributed by atoms with E-state index in [0.717, 1.165) is 18.6 Å². The lowest BCUT2D eigenvalue weighted by Crippen LogP contribution is -2.59. The summed E-state index contributed by atoms with van der Waals surface area (Å²) in [6.07, 6.45) is 25.8. The molecule has 1 aliphatic heterocycles. The van der Waals surface area contributed by atoms with Crippen molar-refractivity contribution in [2.45, 2.75) is 129 Å². The van der Waals surface area contributed by atoms with Crippen LogP contribution in [-0.4, -0.2) is 52.8 Å². The average Bonchev–Trinajstić information content (AvgIpc) is 3.71. The predicted octanol–water partition coefficient (Wildman–Crippen LogP) is 7.61. The number of rotatable bonds is 24. The summed E-state index contributed by atoms with van der Waals surface area (Å²) in [6.45, 7) is 6.78. The Morgan fingerprint density at radius 1 is 0.955 bits per heavy atom. The molecule has 0 bridgehead atoms. The number of esters is 1. The summed E-state index contributed by atoms with van der Waals surface area (Å²) >= 11 is 0. The lowest BCUT2D eigenvalue weighted by atomic mass is 10.0. The second-order valence-corrected chi connectivity index (χ2v) is 11.8. The topological polar surface area (TPSA) is 123 Å². The highest BCUT2D eigenvalue weighted by atomic mass is 16.7. The maximum absolute atomic E-state index is 13.1. The number of carbonyl (C=O) groups is 1. The van der Waals surface area contributed by atoms with E-state index >= 15 is 0 Å². The number of hydrogen-bond donors (Lipinski definition) is 1. The van der Waals surface area contributed by atoms with Gasteiger partial charge in [0.2, 0.25) is 0 Å². The molecule has 0 fully saturated rings. The van der Waals surface area contributed by atoms with Crippen molar-refractivity contribution in [3.05, 3.63) is 48.1 Å². The molecule has 10 nitrogen and oxygen atoms in total. The minimum atomic E-state index is -0.477. The molecule has 0 radical (unpaired) electrons. The Labute approximate surface area is 263 Å². The molecule has 2 N–H and O–H groups in total. The molecule has 0 aromatic carbocycles. The van der Waals surface area contributed by atoms with Crippen LogP contribution in [0.3, 0.4) is 0 Å². The van der Waals surface area contributed by atoms with Gasteiger partial charge in [0.1, 0.15) is 43.1 Å². The normalized spacial score (nSPS) is 18.6. The largest absolute Gasteiger partial charge is 0.469 e. The third-order valence-electron chi connectivity index (χ3n) is 8.22. The van der Waals surface area contributed by atoms with Crippen LogP contribution in [0, 0.1) is 0 Å². The summed E-state index contributed by atoms with van der Waals surface area (Å²) in [5.41, 5.74) is 6.62. The van der Waals surface area contributed by atoms with Crippen LogP contribution in [0.4, 0.5) is 0 Å². The molecule has 0 saturated heterocycles. The molecule has 3 rings (SSSR count). The number of quaternary nitrogens is 1. The molecule has 2 aromatic heterocycles. The standard InChI is InChI=1S/C34H55N4O6/c1-4-6-7-8-9-10-11-12-13-14-15-16-17-18-20-29-25-33(37-43-29)44-38(5-2)23-19-21-30(31(38)26-35)34(39)40-27-28(3)42-32-22-24-41-36-32/h19,21-25,28,31H,4-18,20,26-27,35H2,1-3H3/q+1. The minimum absolute atomic E-state index is 0.0206. The smallest absolute Gasteiger partial charge is 0.340 e. The Kier molecular flexibility index (Phi) is 16.1. The summed E-state index contributed by atoms with van der Waals surface area (Å²) in [7, 11) is 0. The van der Waals surface area contributed by atoms with E-state index < -0.39 is 18.1 Å². The highest BCUT2D eigenvalue weighted by Gasteiger charge is 2.44. The number of nitrogens with zero attached hydrogens (tertiary/aromatic N) is 3. The van der Waals surface area contributed by atoms with Crippen LogP contribution < -0.4 is 15.3 Å². The van der Waals surface area contributed by atoms with E-state index in [-0.39, 0.29) is 17.8 Å². The van der Waals surface area contributed by atoms with E-state index in [1.54, 1.807) is 25.1 Å². The number of nitrogens with two attached hydrogens (primary N) is 1. The lowest BCUT2D eigenvalue weighted by molar-refractivity contribution is -1.05. The van der Waals surface area contributed by atoms with E-state index in [0.29, 0.717) is 23.9 Å². The zero-order valence-corrected chi connectivity index (χ0v) is 27.2. The predicted molar refractivity (Wildman–Crippen MR) is 170 cm³/mol. The summed E-state index contributed by atoms with van der Waals surface area (Å²) in [6, 6.07) is 2.96. The Bertz CT molecular complexity index is 1110. The molecule has 246 valence electrons. The summed E-state index contributed by atoms with van der Waals surface area (Å²) < 4.78 is 21.5. The van der Waals surface area contributed by atoms with Crippen LogP contribution in [0.5, 0.6) is 11.8 Å². The molecule has 0 saturated carbocycles. The first-order chi connectivity index (χ1) is 21.5. The van der Waals surface area contributed by atoms with Gasteiger partial charge in [-0.1, -0.05) is 90.4 Å². The second-order valence-electron chi connectivity index (χ2n) is 11.8. The number of ether oxygens (including phenoxy) is 2. The Hall–Kier alpha value is -3.11. The van der Waals surface area contributed by atoms with Gasteiger partial charge in [0.05, 0.1) is 12.6 Å². The van der Waals surface area contributed by atoms with E-state index in [2.05, 4.69) is 17.2 Å². The maximum Gasteiger partial charge on any atom is 0.340 e. The Balaban J connectivity index is 1.36. The molecule has 44 heavy (non-hydrogen) atoms. The number of allylic oxidation sites excluding steroid dienone is 2. The van der Waals surface area contributed by atoms with Gasteiger partial charge in [-0.3, -0.25) is 4.84 Å². The molecule has 1 aliphatic rings. The molecule has 0 amide bonds. The van der Waals surface area contributed by atoms with Crippen LogP contribution in [0.2, 0.25) is 0 Å². The zero-order valence-electron chi connectivity index (χ0n) is 27.2. The Morgan fingerprint density at radius 2 is 1.61 bits per heavy atom. The third-order valence-corrected chi connectivity index (χ3v) is 8.22. The number of unbranched alkanes of at least 4 members (excludes halogenated alkanes) is 13. The van der Waals surface area contributed by atoms with Crippen LogP contribution in [-0.2, 0) is 16.0 Å². The molecule has 3 unspecified atom stereocenters. The van der Waals surface area contributed by atoms with Crippen LogP contribution >= 0.6 is 0 Å². The number of aryl methyl sites for hydroxylation is 1. The van der Waals surface area contributed by atoms with Gasteiger partial charge >= 0.3 is 11.8 Å². The average molecular weight is 616 g/mol. The van der Waals surface area contributed by atoms with Gasteiger partial charge in [-0.15, -0.1) is 4.65 Å². The van der Waals surface area contributed by atoms with E-state index in [9.17, 15) is 4.79 Å². The molecular formula is C34H55N4O6+. The first-order valence-corrected chi connectivity index (χ1v) is 16.9. The number of carbonyl (C=O) groups excluding carboxylic acids is 1. The van der Waals surface area contributed by atoms with Gasteiger partial charge < -0.3 is 24.3 Å². The monoisotopic (exact) mass is 615 g/mol. The lowest BCUT2D eigenvalue weighted by Gasteiger charge is -2.38. The second kappa shape index (κ2) is 20.0. The number of aromatic nitrogens is 2. The molecule has 0 spiro atoms. The van der Waals surface area contributed by atoms with Crippen molar-refractivity contribution in [3.8, 4) is 11.8 Å². The summed E-state index contributed by atoms with van der Waals surface area (Å²) in [5.74, 6) is 1.03. The van der Waals surface area contributed by atoms with E-state index in [1.807, 2.05) is 19.2 Å². The molecular weight excluding hydrogens is 560 g/mol. The number of likely N-dealkylation sites (N-methyl/N-ethyl adjacent to an activating group) is 1. The first kappa shape index (κ1) is 35.4. The van der Waals surface area contributed by atoms with Crippen molar-refractivity contribution in [1.82, 2.24) is 10.3 Å². The Morgan fingerprint density at radius 3 is 2.20 bits per heavy atom. The van der Waals surface area contributed by atoms with Gasteiger partial charge in [0.15, 0.2) is 6.04 Å². The van der Waals surface area contributed by atoms with Crippen molar-refractivity contribution >= 4 is 5.97 Å². The van der Waals surface area contributed by atoms with Gasteiger partial charge in [-0.25, -0.2) is 4.79 Å². The van der Waals surface area contributed by atoms with Crippen molar-refractivity contribution in [1.29, 1.82) is 0 Å².